The zero-order valence-corrected chi connectivity index (χ0v) is 12.4. The summed E-state index contributed by atoms with van der Waals surface area (Å²) in [5, 5.41) is 2.15. The number of thiazole rings is 1. The molecule has 2 nitrogen and oxygen atoms in total. The van der Waals surface area contributed by atoms with Crippen LogP contribution in [0.2, 0.25) is 0 Å². The zero-order chi connectivity index (χ0) is 9.97. The molecule has 0 N–H and O–H groups in total. The third-order valence-electron chi connectivity index (χ3n) is 2.05. The van der Waals surface area contributed by atoms with Gasteiger partial charge in [0.2, 0.25) is 0 Å². The van der Waals surface area contributed by atoms with Gasteiger partial charge in [0.05, 0.1) is 11.6 Å². The maximum Gasteiger partial charge on any atom is 0.297 e. The molecule has 0 bridgehead atoms. The van der Waals surface area contributed by atoms with Crippen LogP contribution in [0.15, 0.2) is 32.5 Å². The van der Waals surface area contributed by atoms with Crippen molar-refractivity contribution in [3.63, 3.8) is 0 Å². The second-order valence-electron chi connectivity index (χ2n) is 2.81. The number of hydrogen-bond acceptors (Lipinski definition) is 3. The van der Waals surface area contributed by atoms with E-state index in [-0.39, 0.29) is 24.0 Å². The first-order chi connectivity index (χ1) is 6.86. The average molecular weight is 353 g/mol. The van der Waals surface area contributed by atoms with Crippen LogP contribution in [0.25, 0.3) is 11.5 Å². The molecular weight excluding hydrogens is 341 g/mol. The highest BCUT2D eigenvalue weighted by Gasteiger charge is 2.21. The van der Waals surface area contributed by atoms with Crippen molar-refractivity contribution in [1.29, 1.82) is 0 Å². The van der Waals surface area contributed by atoms with E-state index in [2.05, 4.69) is 23.1 Å². The highest BCUT2D eigenvalue weighted by molar-refractivity contribution is 8.00. The van der Waals surface area contributed by atoms with Crippen LogP contribution < -0.4 is 28.5 Å². The average Bonchev–Trinajstić information content (AvgIpc) is 2.85. The lowest BCUT2D eigenvalue weighted by molar-refractivity contribution is -0.713. The maximum atomic E-state index is 5.40. The molecule has 15 heavy (non-hydrogen) atoms. The van der Waals surface area contributed by atoms with E-state index in [4.69, 9.17) is 4.42 Å². The molecule has 0 unspecified atom stereocenters. The summed E-state index contributed by atoms with van der Waals surface area (Å²) in [4.78, 5) is 0. The number of furan rings is 1. The molecule has 82 valence electrons. The van der Waals surface area contributed by atoms with Crippen molar-refractivity contribution in [2.45, 2.75) is 17.8 Å². The molecule has 2 heterocycles. The number of thioether (sulfide) groups is 1. The van der Waals surface area contributed by atoms with Crippen LogP contribution in [-0.4, -0.2) is 6.26 Å². The van der Waals surface area contributed by atoms with Gasteiger partial charge in [-0.3, -0.25) is 0 Å². The first-order valence-corrected chi connectivity index (χ1v) is 6.56. The summed E-state index contributed by atoms with van der Waals surface area (Å²) in [5.74, 6) is 0.948. The molecule has 0 aliphatic heterocycles. The predicted molar refractivity (Wildman–Crippen MR) is 59.7 cm³/mol. The van der Waals surface area contributed by atoms with E-state index in [0.717, 1.165) is 12.3 Å². The van der Waals surface area contributed by atoms with Crippen LogP contribution in [0, 0.1) is 0 Å². The molecule has 0 aliphatic rings. The van der Waals surface area contributed by atoms with Crippen LogP contribution in [0.1, 0.15) is 6.92 Å². The third-order valence-corrected chi connectivity index (χ3v) is 4.17. The van der Waals surface area contributed by atoms with Gasteiger partial charge in [0.15, 0.2) is 5.76 Å². The van der Waals surface area contributed by atoms with E-state index in [1.54, 1.807) is 29.4 Å². The Kier molecular flexibility index (Phi) is 5.14. The van der Waals surface area contributed by atoms with Crippen LogP contribution in [-0.2, 0) is 6.54 Å². The van der Waals surface area contributed by atoms with Crippen molar-refractivity contribution >= 4 is 23.1 Å². The van der Waals surface area contributed by atoms with Crippen LogP contribution in [0.5, 0.6) is 0 Å². The predicted octanol–water partition coefficient (Wildman–Crippen LogP) is 0.0414. The van der Waals surface area contributed by atoms with E-state index in [9.17, 15) is 0 Å². The number of aromatic nitrogens is 1. The number of nitrogens with zero attached hydrogens (tertiary/aromatic N) is 1. The third kappa shape index (κ3) is 2.57. The van der Waals surface area contributed by atoms with Gasteiger partial charge in [0, 0.05) is 0 Å². The van der Waals surface area contributed by atoms with Gasteiger partial charge in [-0.2, -0.15) is 4.57 Å². The lowest BCUT2D eigenvalue weighted by Gasteiger charge is -1.94. The fraction of sp³-hybridized carbons (Fsp3) is 0.300. The van der Waals surface area contributed by atoms with Crippen molar-refractivity contribution in [1.82, 2.24) is 0 Å². The van der Waals surface area contributed by atoms with Gasteiger partial charge in [-0.05, 0) is 37.1 Å². The lowest BCUT2D eigenvalue weighted by atomic mass is 10.3. The molecule has 0 saturated carbocycles. The SMILES string of the molecule is CC[n+]1c(-c2ccco2)csc1SC.[I-]. The monoisotopic (exact) mass is 353 g/mol. The summed E-state index contributed by atoms with van der Waals surface area (Å²) in [6.07, 6.45) is 3.82. The van der Waals surface area contributed by atoms with Crippen LogP contribution in [0.4, 0.5) is 0 Å². The van der Waals surface area contributed by atoms with Crippen molar-refractivity contribution < 1.29 is 33.0 Å². The second-order valence-corrected chi connectivity index (χ2v) is 4.72. The summed E-state index contributed by atoms with van der Waals surface area (Å²) in [6, 6.07) is 3.92. The Hall–Kier alpha value is -0.0100. The van der Waals surface area contributed by atoms with Crippen molar-refractivity contribution in [3.8, 4) is 11.5 Å². The number of hydrogen-bond donors (Lipinski definition) is 0. The first-order valence-electron chi connectivity index (χ1n) is 4.46. The van der Waals surface area contributed by atoms with E-state index in [0.29, 0.717) is 0 Å². The summed E-state index contributed by atoms with van der Waals surface area (Å²) in [5.41, 5.74) is 1.17. The Morgan fingerprint density at radius 3 is 2.87 bits per heavy atom. The Labute approximate surface area is 115 Å². The molecule has 5 heteroatoms. The largest absolute Gasteiger partial charge is 1.00 e. The minimum Gasteiger partial charge on any atom is -1.00 e. The Morgan fingerprint density at radius 2 is 2.33 bits per heavy atom. The van der Waals surface area contributed by atoms with E-state index in [1.807, 2.05) is 12.1 Å². The molecule has 0 saturated heterocycles. The molecule has 2 aromatic rings. The normalized spacial score (nSPS) is 10.0. The first kappa shape index (κ1) is 13.1. The van der Waals surface area contributed by atoms with Crippen LogP contribution in [0.3, 0.4) is 0 Å². The van der Waals surface area contributed by atoms with E-state index < -0.39 is 0 Å². The minimum absolute atomic E-state index is 0. The molecule has 2 aromatic heterocycles. The molecule has 0 aliphatic carbocycles. The topological polar surface area (TPSA) is 17.0 Å². The van der Waals surface area contributed by atoms with Crippen LogP contribution >= 0.6 is 23.1 Å². The van der Waals surface area contributed by atoms with Gasteiger partial charge < -0.3 is 28.4 Å². The second kappa shape index (κ2) is 5.91. The molecular formula is C10H12INOS2. The zero-order valence-electron chi connectivity index (χ0n) is 8.57. The fourth-order valence-electron chi connectivity index (χ4n) is 1.40. The Balaban J connectivity index is 0.00000112. The Morgan fingerprint density at radius 1 is 1.53 bits per heavy atom. The van der Waals surface area contributed by atoms with Crippen molar-refractivity contribution in [2.24, 2.45) is 0 Å². The number of rotatable bonds is 3. The molecule has 0 fully saturated rings. The molecule has 2 rings (SSSR count). The molecule has 0 spiro atoms. The minimum atomic E-state index is 0. The van der Waals surface area contributed by atoms with E-state index in [1.165, 1.54) is 10.0 Å². The smallest absolute Gasteiger partial charge is 0.297 e. The summed E-state index contributed by atoms with van der Waals surface area (Å²) in [6.45, 7) is 3.13. The summed E-state index contributed by atoms with van der Waals surface area (Å²) >= 11 is 3.54. The van der Waals surface area contributed by atoms with Gasteiger partial charge in [-0.1, -0.05) is 11.3 Å². The standard InChI is InChI=1S/C10H12NOS2.HI/c1-3-11-8(7-14-10(11)13-2)9-5-4-6-12-9;/h4-7H,3H2,1-2H3;1H/q+1;/p-1. The quantitative estimate of drug-likeness (QED) is 0.441. The molecule has 0 aromatic carbocycles. The highest BCUT2D eigenvalue weighted by atomic mass is 127. The summed E-state index contributed by atoms with van der Waals surface area (Å²) in [7, 11) is 0. The van der Waals surface area contributed by atoms with Gasteiger partial charge >= 0.3 is 0 Å². The lowest BCUT2D eigenvalue weighted by Crippen LogP contribution is -3.00. The highest BCUT2D eigenvalue weighted by Crippen LogP contribution is 2.25. The Bertz CT molecular complexity index is 411. The maximum absolute atomic E-state index is 5.40. The molecule has 0 radical (unpaired) electrons. The molecule has 0 amide bonds. The molecule has 0 atom stereocenters. The number of halogens is 1. The van der Waals surface area contributed by atoms with Gasteiger partial charge in [-0.25, -0.2) is 0 Å². The fourth-order valence-corrected chi connectivity index (χ4v) is 3.19. The van der Waals surface area contributed by atoms with Crippen molar-refractivity contribution in [3.05, 3.63) is 23.8 Å². The van der Waals surface area contributed by atoms with E-state index >= 15 is 0 Å². The van der Waals surface area contributed by atoms with Gasteiger partial charge in [0.25, 0.3) is 10.0 Å². The van der Waals surface area contributed by atoms with Crippen molar-refractivity contribution in [2.75, 3.05) is 6.26 Å². The van der Waals surface area contributed by atoms with Gasteiger partial charge in [-0.15, -0.1) is 0 Å². The van der Waals surface area contributed by atoms with Gasteiger partial charge in [0.1, 0.15) is 6.54 Å². The summed E-state index contributed by atoms with van der Waals surface area (Å²) < 4.78 is 8.99.